The molecule has 1 saturated carbocycles. The van der Waals surface area contributed by atoms with Gasteiger partial charge in [0.2, 0.25) is 5.43 Å². The molecule has 1 aromatic heterocycles. The fourth-order valence-corrected chi connectivity index (χ4v) is 4.52. The summed E-state index contributed by atoms with van der Waals surface area (Å²) in [6.07, 6.45) is 5.58. The molecule has 4 rings (SSSR count). The van der Waals surface area contributed by atoms with Gasteiger partial charge in [0.25, 0.3) is 5.91 Å². The maximum Gasteiger partial charge on any atom is 0.274 e. The SMILES string of the molecule is O=C1c2c(O)c(=O)ccn2C2(CCCC2)CN1Cc1ccc(Cl)c(Cl)c1. The van der Waals surface area contributed by atoms with E-state index in [-0.39, 0.29) is 17.1 Å². The van der Waals surface area contributed by atoms with E-state index in [1.165, 1.54) is 6.07 Å². The number of carbonyl (C=O) groups excluding carboxylic acids is 1. The van der Waals surface area contributed by atoms with Crippen molar-refractivity contribution in [2.24, 2.45) is 0 Å². The summed E-state index contributed by atoms with van der Waals surface area (Å²) in [5, 5.41) is 11.2. The molecule has 0 radical (unpaired) electrons. The smallest absolute Gasteiger partial charge is 0.274 e. The molecule has 5 nitrogen and oxygen atoms in total. The van der Waals surface area contributed by atoms with Crippen LogP contribution in [0.5, 0.6) is 5.75 Å². The number of nitrogens with zero attached hydrogens (tertiary/aromatic N) is 2. The van der Waals surface area contributed by atoms with E-state index in [1.807, 2.05) is 10.6 Å². The first-order valence-electron chi connectivity index (χ1n) is 8.60. The Kier molecular flexibility index (Phi) is 4.24. The Morgan fingerprint density at radius 1 is 1.08 bits per heavy atom. The minimum Gasteiger partial charge on any atom is -0.503 e. The highest BCUT2D eigenvalue weighted by Crippen LogP contribution is 2.42. The largest absolute Gasteiger partial charge is 0.503 e. The van der Waals surface area contributed by atoms with E-state index in [0.717, 1.165) is 31.2 Å². The molecule has 1 fully saturated rings. The number of hydrogen-bond acceptors (Lipinski definition) is 3. The lowest BCUT2D eigenvalue weighted by Crippen LogP contribution is -2.52. The van der Waals surface area contributed by atoms with Gasteiger partial charge in [0, 0.05) is 25.4 Å². The van der Waals surface area contributed by atoms with Crippen LogP contribution in [0.25, 0.3) is 0 Å². The molecule has 0 atom stereocenters. The van der Waals surface area contributed by atoms with Gasteiger partial charge in [-0.1, -0.05) is 42.1 Å². The molecule has 0 unspecified atom stereocenters. The standard InChI is InChI=1S/C19H18Cl2N2O3/c20-13-4-3-12(9-14(13)21)10-22-11-19(6-1-2-7-19)23-8-5-15(24)17(25)16(23)18(22)26/h3-5,8-9,25H,1-2,6-7,10-11H2. The Balaban J connectivity index is 1.78. The normalized spacial score (nSPS) is 18.4. The van der Waals surface area contributed by atoms with Crippen molar-refractivity contribution in [2.75, 3.05) is 6.54 Å². The van der Waals surface area contributed by atoms with Gasteiger partial charge >= 0.3 is 0 Å². The topological polar surface area (TPSA) is 62.5 Å². The molecule has 2 aromatic rings. The van der Waals surface area contributed by atoms with Gasteiger partial charge in [-0.05, 0) is 30.5 Å². The molecule has 2 heterocycles. The molecular weight excluding hydrogens is 375 g/mol. The van der Waals surface area contributed by atoms with Crippen molar-refractivity contribution in [1.82, 2.24) is 9.47 Å². The fraction of sp³-hybridized carbons (Fsp3) is 0.368. The zero-order valence-electron chi connectivity index (χ0n) is 14.0. The second-order valence-electron chi connectivity index (χ2n) is 7.09. The van der Waals surface area contributed by atoms with Crippen molar-refractivity contribution in [2.45, 2.75) is 37.8 Å². The number of fused-ring (bicyclic) bond motifs is 2. The molecule has 1 aliphatic heterocycles. The molecule has 1 N–H and O–H groups in total. The maximum atomic E-state index is 13.0. The number of pyridine rings is 1. The van der Waals surface area contributed by atoms with Crippen LogP contribution in [0.4, 0.5) is 0 Å². The van der Waals surface area contributed by atoms with Crippen LogP contribution in [-0.4, -0.2) is 27.0 Å². The van der Waals surface area contributed by atoms with E-state index in [2.05, 4.69) is 0 Å². The van der Waals surface area contributed by atoms with Crippen LogP contribution in [0.2, 0.25) is 10.0 Å². The summed E-state index contributed by atoms with van der Waals surface area (Å²) < 4.78 is 1.82. The van der Waals surface area contributed by atoms with Crippen molar-refractivity contribution in [3.63, 3.8) is 0 Å². The van der Waals surface area contributed by atoms with Crippen LogP contribution in [0.1, 0.15) is 41.7 Å². The fourth-order valence-electron chi connectivity index (χ4n) is 4.20. The zero-order chi connectivity index (χ0) is 18.5. The number of amides is 1. The van der Waals surface area contributed by atoms with E-state index in [4.69, 9.17) is 23.2 Å². The first-order chi connectivity index (χ1) is 12.4. The molecule has 0 saturated heterocycles. The maximum absolute atomic E-state index is 13.0. The highest BCUT2D eigenvalue weighted by Gasteiger charge is 2.45. The van der Waals surface area contributed by atoms with Crippen LogP contribution >= 0.6 is 23.2 Å². The molecule has 26 heavy (non-hydrogen) atoms. The second-order valence-corrected chi connectivity index (χ2v) is 7.90. The molecular formula is C19H18Cl2N2O3. The van der Waals surface area contributed by atoms with Gasteiger partial charge in [0.1, 0.15) is 0 Å². The van der Waals surface area contributed by atoms with Crippen LogP contribution in [0.15, 0.2) is 35.3 Å². The van der Waals surface area contributed by atoms with Crippen LogP contribution in [0, 0.1) is 0 Å². The number of aromatic nitrogens is 1. The number of rotatable bonds is 2. The Morgan fingerprint density at radius 3 is 2.50 bits per heavy atom. The molecule has 1 aliphatic carbocycles. The molecule has 0 bridgehead atoms. The zero-order valence-corrected chi connectivity index (χ0v) is 15.6. The summed E-state index contributed by atoms with van der Waals surface area (Å²) in [6.45, 7) is 0.890. The summed E-state index contributed by atoms with van der Waals surface area (Å²) in [5.74, 6) is -0.814. The average molecular weight is 393 g/mol. The first kappa shape index (κ1) is 17.4. The lowest BCUT2D eigenvalue weighted by Gasteiger charge is -2.43. The quantitative estimate of drug-likeness (QED) is 0.845. The summed E-state index contributed by atoms with van der Waals surface area (Å²) in [4.78, 5) is 26.6. The minimum atomic E-state index is -0.533. The molecule has 1 spiro atoms. The Bertz CT molecular complexity index is 948. The third-order valence-electron chi connectivity index (χ3n) is 5.45. The van der Waals surface area contributed by atoms with Gasteiger partial charge < -0.3 is 14.6 Å². The van der Waals surface area contributed by atoms with E-state index < -0.39 is 11.2 Å². The Labute approximate surface area is 160 Å². The van der Waals surface area contributed by atoms with E-state index in [0.29, 0.717) is 23.1 Å². The molecule has 1 aromatic carbocycles. The highest BCUT2D eigenvalue weighted by molar-refractivity contribution is 6.42. The lowest BCUT2D eigenvalue weighted by molar-refractivity contribution is 0.0524. The van der Waals surface area contributed by atoms with Crippen LogP contribution in [0.3, 0.4) is 0 Å². The first-order valence-corrected chi connectivity index (χ1v) is 9.35. The summed E-state index contributed by atoms with van der Waals surface area (Å²) in [5.41, 5.74) is 0.136. The monoisotopic (exact) mass is 392 g/mol. The average Bonchev–Trinajstić information content (AvgIpc) is 3.07. The van der Waals surface area contributed by atoms with Gasteiger partial charge in [-0.25, -0.2) is 0 Å². The summed E-state index contributed by atoms with van der Waals surface area (Å²) in [7, 11) is 0. The Hall–Kier alpha value is -1.98. The van der Waals surface area contributed by atoms with E-state index in [9.17, 15) is 14.7 Å². The van der Waals surface area contributed by atoms with Gasteiger partial charge in [0.15, 0.2) is 11.4 Å². The molecule has 2 aliphatic rings. The van der Waals surface area contributed by atoms with Crippen molar-refractivity contribution < 1.29 is 9.90 Å². The van der Waals surface area contributed by atoms with E-state index >= 15 is 0 Å². The second kappa shape index (κ2) is 6.32. The molecule has 1 amide bonds. The third kappa shape index (κ3) is 2.70. The summed E-state index contributed by atoms with van der Waals surface area (Å²) in [6, 6.07) is 6.61. The minimum absolute atomic E-state index is 0.0886. The van der Waals surface area contributed by atoms with Gasteiger partial charge in [-0.2, -0.15) is 0 Å². The predicted molar refractivity (Wildman–Crippen MR) is 100 cm³/mol. The van der Waals surface area contributed by atoms with Gasteiger partial charge in [-0.15, -0.1) is 0 Å². The number of carbonyl (C=O) groups is 1. The number of benzene rings is 1. The lowest BCUT2D eigenvalue weighted by atomic mass is 9.91. The number of halogens is 2. The number of hydrogen-bond donors (Lipinski definition) is 1. The van der Waals surface area contributed by atoms with Crippen molar-refractivity contribution >= 4 is 29.1 Å². The van der Waals surface area contributed by atoms with Gasteiger partial charge in [0.05, 0.1) is 15.6 Å². The predicted octanol–water partition coefficient (Wildman–Crippen LogP) is 3.79. The summed E-state index contributed by atoms with van der Waals surface area (Å²) >= 11 is 12.1. The molecule has 7 heteroatoms. The van der Waals surface area contributed by atoms with Crippen LogP contribution in [-0.2, 0) is 12.1 Å². The Morgan fingerprint density at radius 2 is 1.81 bits per heavy atom. The third-order valence-corrected chi connectivity index (χ3v) is 6.19. The van der Waals surface area contributed by atoms with E-state index in [1.54, 1.807) is 23.2 Å². The highest BCUT2D eigenvalue weighted by atomic mass is 35.5. The van der Waals surface area contributed by atoms with Crippen molar-refractivity contribution in [1.29, 1.82) is 0 Å². The van der Waals surface area contributed by atoms with Crippen molar-refractivity contribution in [3.05, 3.63) is 62.0 Å². The molecule has 136 valence electrons. The van der Waals surface area contributed by atoms with Crippen LogP contribution < -0.4 is 5.43 Å². The van der Waals surface area contributed by atoms with Crippen molar-refractivity contribution in [3.8, 4) is 5.75 Å². The van der Waals surface area contributed by atoms with Gasteiger partial charge in [-0.3, -0.25) is 9.59 Å². The number of aromatic hydroxyl groups is 1.